The summed E-state index contributed by atoms with van der Waals surface area (Å²) in [6.45, 7) is 4.82. The minimum Gasteiger partial charge on any atom is -0.368 e. The van der Waals surface area contributed by atoms with Crippen molar-refractivity contribution in [1.82, 2.24) is 4.90 Å². The number of aryl methyl sites for hydroxylation is 1. The number of amides is 1. The Morgan fingerprint density at radius 3 is 2.41 bits per heavy atom. The predicted molar refractivity (Wildman–Crippen MR) is 107 cm³/mol. The molecule has 7 heteroatoms. The minimum absolute atomic E-state index is 0.0332. The lowest BCUT2D eigenvalue weighted by atomic mass is 10.1. The van der Waals surface area contributed by atoms with Crippen LogP contribution in [0.3, 0.4) is 0 Å². The molecule has 0 bridgehead atoms. The number of rotatable bonds is 4. The van der Waals surface area contributed by atoms with Crippen molar-refractivity contribution in [3.8, 4) is 0 Å². The van der Waals surface area contributed by atoms with E-state index in [2.05, 4.69) is 11.8 Å². The van der Waals surface area contributed by atoms with Crippen molar-refractivity contribution >= 4 is 35.0 Å². The van der Waals surface area contributed by atoms with Gasteiger partial charge < -0.3 is 9.80 Å². The van der Waals surface area contributed by atoms with E-state index < -0.39 is 4.92 Å². The molecule has 0 N–H and O–H groups in total. The molecule has 0 saturated carbocycles. The Hall–Kier alpha value is -2.86. The molecule has 1 aliphatic heterocycles. The summed E-state index contributed by atoms with van der Waals surface area (Å²) in [6.07, 6.45) is 3.20. The molecular weight excluding hydrogens is 366 g/mol. The quantitative estimate of drug-likeness (QED) is 0.454. The van der Waals surface area contributed by atoms with Gasteiger partial charge in [0.2, 0.25) is 5.91 Å². The molecule has 1 aliphatic rings. The molecule has 1 heterocycles. The van der Waals surface area contributed by atoms with Crippen molar-refractivity contribution in [1.29, 1.82) is 0 Å². The average molecular weight is 386 g/mol. The summed E-state index contributed by atoms with van der Waals surface area (Å²) >= 11 is 6.10. The van der Waals surface area contributed by atoms with Crippen LogP contribution in [0.4, 0.5) is 11.4 Å². The number of nitro groups is 1. The molecule has 3 rings (SSSR count). The van der Waals surface area contributed by atoms with Gasteiger partial charge in [-0.3, -0.25) is 14.9 Å². The number of non-ortho nitro benzene ring substituents is 1. The molecular formula is C20H20ClN3O3. The number of carbonyl (C=O) groups is 1. The molecule has 0 radical (unpaired) electrons. The fraction of sp³-hybridized carbons (Fsp3) is 0.250. The van der Waals surface area contributed by atoms with Crippen molar-refractivity contribution in [3.63, 3.8) is 0 Å². The molecule has 1 amide bonds. The van der Waals surface area contributed by atoms with Gasteiger partial charge in [-0.1, -0.05) is 17.7 Å². The molecule has 0 spiro atoms. The van der Waals surface area contributed by atoms with E-state index >= 15 is 0 Å². The van der Waals surface area contributed by atoms with Gasteiger partial charge in [0.05, 0.1) is 4.92 Å². The van der Waals surface area contributed by atoms with Crippen LogP contribution in [0.15, 0.2) is 48.5 Å². The summed E-state index contributed by atoms with van der Waals surface area (Å²) in [7, 11) is 0. The molecule has 2 aromatic rings. The summed E-state index contributed by atoms with van der Waals surface area (Å²) in [5.41, 5.74) is 3.06. The van der Waals surface area contributed by atoms with E-state index in [4.69, 9.17) is 11.6 Å². The molecule has 0 unspecified atom stereocenters. The van der Waals surface area contributed by atoms with Crippen molar-refractivity contribution < 1.29 is 9.72 Å². The van der Waals surface area contributed by atoms with Crippen molar-refractivity contribution in [2.24, 2.45) is 0 Å². The Bertz CT molecular complexity index is 873. The van der Waals surface area contributed by atoms with Gasteiger partial charge in [0.15, 0.2) is 0 Å². The first-order chi connectivity index (χ1) is 12.9. The highest BCUT2D eigenvalue weighted by molar-refractivity contribution is 6.30. The zero-order valence-corrected chi connectivity index (χ0v) is 15.7. The number of piperazine rings is 1. The van der Waals surface area contributed by atoms with Gasteiger partial charge in [-0.25, -0.2) is 0 Å². The van der Waals surface area contributed by atoms with Crippen LogP contribution in [0, 0.1) is 17.0 Å². The number of hydrogen-bond donors (Lipinski definition) is 0. The van der Waals surface area contributed by atoms with Crippen molar-refractivity contribution in [2.75, 3.05) is 31.1 Å². The molecule has 6 nitrogen and oxygen atoms in total. The lowest BCUT2D eigenvalue weighted by Crippen LogP contribution is -2.48. The van der Waals surface area contributed by atoms with E-state index in [1.54, 1.807) is 23.1 Å². The van der Waals surface area contributed by atoms with Gasteiger partial charge in [-0.15, -0.1) is 0 Å². The second kappa shape index (κ2) is 8.22. The first-order valence-electron chi connectivity index (χ1n) is 8.66. The van der Waals surface area contributed by atoms with Crippen molar-refractivity contribution in [2.45, 2.75) is 6.92 Å². The highest BCUT2D eigenvalue weighted by Gasteiger charge is 2.21. The average Bonchev–Trinajstić information content (AvgIpc) is 2.68. The zero-order valence-electron chi connectivity index (χ0n) is 15.0. The Morgan fingerprint density at radius 2 is 1.78 bits per heavy atom. The highest BCUT2D eigenvalue weighted by Crippen LogP contribution is 2.25. The fourth-order valence-electron chi connectivity index (χ4n) is 3.07. The smallest absolute Gasteiger partial charge is 0.269 e. The number of anilines is 1. The first-order valence-corrected chi connectivity index (χ1v) is 9.04. The summed E-state index contributed by atoms with van der Waals surface area (Å²) in [4.78, 5) is 26.7. The molecule has 27 heavy (non-hydrogen) atoms. The maximum atomic E-state index is 12.4. The number of hydrogen-bond acceptors (Lipinski definition) is 4. The Morgan fingerprint density at radius 1 is 1.11 bits per heavy atom. The summed E-state index contributed by atoms with van der Waals surface area (Å²) in [5.74, 6) is -0.0594. The topological polar surface area (TPSA) is 66.7 Å². The lowest BCUT2D eigenvalue weighted by molar-refractivity contribution is -0.384. The van der Waals surface area contributed by atoms with Gasteiger partial charge in [0.25, 0.3) is 5.69 Å². The van der Waals surface area contributed by atoms with Crippen molar-refractivity contribution in [3.05, 3.63) is 74.8 Å². The van der Waals surface area contributed by atoms with Crippen LogP contribution in [0.5, 0.6) is 0 Å². The SMILES string of the molecule is Cc1ccc(Cl)cc1N1CCN(C(=O)/C=C/c2ccc([N+](=O)[O-])cc2)CC1. The number of nitrogens with zero attached hydrogens (tertiary/aromatic N) is 3. The molecule has 1 saturated heterocycles. The third-order valence-corrected chi connectivity index (χ3v) is 4.86. The van der Waals surface area contributed by atoms with Crippen LogP contribution < -0.4 is 4.90 Å². The first kappa shape index (κ1) is 18.9. The van der Waals surface area contributed by atoms with E-state index in [0.29, 0.717) is 18.1 Å². The van der Waals surface area contributed by atoms with Crippen LogP contribution in [-0.4, -0.2) is 41.9 Å². The van der Waals surface area contributed by atoms with Gasteiger partial charge in [-0.2, -0.15) is 0 Å². The standard InChI is InChI=1S/C20H20ClN3O3/c1-15-2-6-17(21)14-19(15)22-10-12-23(13-11-22)20(25)9-5-16-3-7-18(8-4-16)24(26)27/h2-9,14H,10-13H2,1H3/b9-5+. The predicted octanol–water partition coefficient (Wildman–Crippen LogP) is 3.92. The Balaban J connectivity index is 1.58. The zero-order chi connectivity index (χ0) is 19.4. The molecule has 0 aromatic heterocycles. The van der Waals surface area contributed by atoms with Gasteiger partial charge in [-0.05, 0) is 48.4 Å². The third kappa shape index (κ3) is 4.65. The second-order valence-corrected chi connectivity index (χ2v) is 6.86. The van der Waals surface area contributed by atoms with E-state index in [1.807, 2.05) is 18.2 Å². The second-order valence-electron chi connectivity index (χ2n) is 6.43. The van der Waals surface area contributed by atoms with E-state index in [-0.39, 0.29) is 11.6 Å². The largest absolute Gasteiger partial charge is 0.368 e. The summed E-state index contributed by atoms with van der Waals surface area (Å²) in [6, 6.07) is 11.9. The molecule has 1 fully saturated rings. The normalized spacial score (nSPS) is 14.6. The maximum Gasteiger partial charge on any atom is 0.269 e. The maximum absolute atomic E-state index is 12.4. The number of halogens is 1. The molecule has 2 aromatic carbocycles. The number of benzene rings is 2. The minimum atomic E-state index is -0.445. The van der Waals surface area contributed by atoms with Crippen LogP contribution in [0.2, 0.25) is 5.02 Å². The Kier molecular flexibility index (Phi) is 5.76. The summed E-state index contributed by atoms with van der Waals surface area (Å²) in [5, 5.41) is 11.4. The van der Waals surface area contributed by atoms with Gasteiger partial charge >= 0.3 is 0 Å². The molecule has 0 aliphatic carbocycles. The fourth-order valence-corrected chi connectivity index (χ4v) is 3.24. The van der Waals surface area contributed by atoms with Crippen LogP contribution in [0.25, 0.3) is 6.08 Å². The van der Waals surface area contributed by atoms with E-state index in [0.717, 1.165) is 29.9 Å². The molecule has 140 valence electrons. The number of nitro benzene ring substituents is 1. The van der Waals surface area contributed by atoms with E-state index in [9.17, 15) is 14.9 Å². The third-order valence-electron chi connectivity index (χ3n) is 4.63. The van der Waals surface area contributed by atoms with Crippen LogP contribution in [-0.2, 0) is 4.79 Å². The highest BCUT2D eigenvalue weighted by atomic mass is 35.5. The Labute approximate surface area is 162 Å². The van der Waals surface area contributed by atoms with Gasteiger partial charge in [0, 0.05) is 55.1 Å². The molecule has 0 atom stereocenters. The van der Waals surface area contributed by atoms with Gasteiger partial charge in [0.1, 0.15) is 0 Å². The van der Waals surface area contributed by atoms with Crippen LogP contribution >= 0.6 is 11.6 Å². The lowest BCUT2D eigenvalue weighted by Gasteiger charge is -2.36. The number of carbonyl (C=O) groups excluding carboxylic acids is 1. The van der Waals surface area contributed by atoms with Crippen LogP contribution in [0.1, 0.15) is 11.1 Å². The van der Waals surface area contributed by atoms with E-state index in [1.165, 1.54) is 18.2 Å². The monoisotopic (exact) mass is 385 g/mol. The summed E-state index contributed by atoms with van der Waals surface area (Å²) < 4.78 is 0.